The second kappa shape index (κ2) is 26.9. The van der Waals surface area contributed by atoms with Gasteiger partial charge in [0.15, 0.2) is 0 Å². The Labute approximate surface area is 278 Å². The van der Waals surface area contributed by atoms with Crippen LogP contribution in [-0.2, 0) is 171 Å². The Hall–Kier alpha value is 2.28. The maximum atomic E-state index is 9.23. The topological polar surface area (TPSA) is 52.5 Å². The third kappa shape index (κ3) is 20.2. The van der Waals surface area contributed by atoms with Crippen LogP contribution in [0, 0.1) is 0 Å². The molecular formula is C17H21NO2S18. The predicted molar refractivity (Wildman–Crippen MR) is 214 cm³/mol. The maximum Gasteiger partial charge on any atom is 0.0633 e. The molecule has 0 aromatic heterocycles. The van der Waals surface area contributed by atoms with Crippen molar-refractivity contribution in [2.75, 3.05) is 13.2 Å². The fraction of sp³-hybridized carbons (Fsp3) is 0.294. The van der Waals surface area contributed by atoms with Crippen molar-refractivity contribution in [1.82, 2.24) is 5.32 Å². The lowest BCUT2D eigenvalue weighted by Crippen LogP contribution is -2.48. The molecule has 2 rings (SSSR count). The molecule has 0 heterocycles. The molecule has 0 fully saturated rings. The summed E-state index contributed by atoms with van der Waals surface area (Å²) in [7, 11) is 27.2. The molecule has 0 saturated carbocycles. The minimum absolute atomic E-state index is 0.0917. The largest absolute Gasteiger partial charge is 0.394 e. The Morgan fingerprint density at radius 1 is 0.579 bits per heavy atom. The van der Waals surface area contributed by atoms with Crippen LogP contribution in [0.5, 0.6) is 0 Å². The first-order valence-electron chi connectivity index (χ1n) is 9.61. The second-order valence-corrected chi connectivity index (χ2v) is 34.7. The van der Waals surface area contributed by atoms with Crippen molar-refractivity contribution in [3.8, 4) is 11.1 Å². The van der Waals surface area contributed by atoms with Gasteiger partial charge in [0.1, 0.15) is 0 Å². The number of hydrogen-bond donors (Lipinski definition) is 3. The standard InChI is InChI=1S/C17H21NO2.S18/c1-17(12-19,13-20)18-11-14-7-9-16(10-8-14)15-5-3-2-4-6-15;1-3-5-7-9-11-13-15-17-18-16-14-12-10-8-6-4-2/h2-10,18-20H,11-13H2,1H3;. The first-order valence-corrected chi connectivity index (χ1v) is 32.3. The smallest absolute Gasteiger partial charge is 0.0633 e. The van der Waals surface area contributed by atoms with Gasteiger partial charge < -0.3 is 15.5 Å². The summed E-state index contributed by atoms with van der Waals surface area (Å²) in [5.41, 5.74) is 2.86. The highest BCUT2D eigenvalue weighted by atomic mass is 33.5. The van der Waals surface area contributed by atoms with Crippen LogP contribution in [0.3, 0.4) is 0 Å². The van der Waals surface area contributed by atoms with Gasteiger partial charge in [0.2, 0.25) is 0 Å². The fourth-order valence-corrected chi connectivity index (χ4v) is 40.5. The highest BCUT2D eigenvalue weighted by Gasteiger charge is 2.20. The minimum atomic E-state index is -0.641. The third-order valence-corrected chi connectivity index (χ3v) is 37.2. The molecule has 3 N–H and O–H groups in total. The highest BCUT2D eigenvalue weighted by Crippen LogP contribution is 2.19. The number of nitrogens with one attached hydrogen (secondary N) is 1. The van der Waals surface area contributed by atoms with Gasteiger partial charge in [0.25, 0.3) is 0 Å². The summed E-state index contributed by atoms with van der Waals surface area (Å²) in [6.07, 6.45) is 0. The highest BCUT2D eigenvalue weighted by molar-refractivity contribution is 8.77. The zero-order valence-corrected chi connectivity index (χ0v) is 33.8. The quantitative estimate of drug-likeness (QED) is 0.417. The van der Waals surface area contributed by atoms with Crippen LogP contribution in [0.2, 0.25) is 0 Å². The second-order valence-electron chi connectivity index (χ2n) is 6.38. The molecule has 0 aliphatic carbocycles. The van der Waals surface area contributed by atoms with Crippen LogP contribution in [0.4, 0.5) is 0 Å². The SMILES string of the molecule is CC(CO)(CO)NCc1ccc(-c2ccccc2)cc1.S=S=S=S=S=S=S=S=S=S=S=S=S=S=S=S=S=S. The average Bonchev–Trinajstić information content (AvgIpc) is 2.97. The van der Waals surface area contributed by atoms with Gasteiger partial charge in [-0.05, 0) is 23.6 Å². The lowest BCUT2D eigenvalue weighted by molar-refractivity contribution is 0.103. The van der Waals surface area contributed by atoms with E-state index in [0.717, 1.165) is 5.56 Å². The van der Waals surface area contributed by atoms with Crippen molar-refractivity contribution >= 4 is 164 Å². The molecule has 3 nitrogen and oxygen atoms in total. The molecule has 2 aromatic rings. The molecule has 0 atom stereocenters. The van der Waals surface area contributed by atoms with Crippen LogP contribution in [0.1, 0.15) is 12.5 Å². The zero-order valence-electron chi connectivity index (χ0n) is 19.1. The normalized spacial score (nSPS) is 9.55. The van der Waals surface area contributed by atoms with E-state index in [1.165, 1.54) is 28.9 Å². The maximum absolute atomic E-state index is 9.23. The lowest BCUT2D eigenvalue weighted by atomic mass is 10.0. The van der Waals surface area contributed by atoms with Gasteiger partial charge in [-0.15, -0.1) is 0 Å². The predicted octanol–water partition coefficient (Wildman–Crippen LogP) is 2.14. The van der Waals surface area contributed by atoms with Crippen LogP contribution < -0.4 is 5.32 Å². The number of aliphatic hydroxyl groups is 2. The fourth-order valence-electron chi connectivity index (χ4n) is 2.08. The number of benzene rings is 2. The summed E-state index contributed by atoms with van der Waals surface area (Å²) < 4.78 is 0. The Bertz CT molecular complexity index is 1630. The van der Waals surface area contributed by atoms with Crippen LogP contribution in [-0.4, -0.2) is 29.0 Å². The Kier molecular flexibility index (Phi) is 27.1. The Morgan fingerprint density at radius 2 is 0.947 bits per heavy atom. The van der Waals surface area contributed by atoms with Crippen molar-refractivity contribution in [2.24, 2.45) is 0 Å². The van der Waals surface area contributed by atoms with Crippen molar-refractivity contribution in [1.29, 1.82) is 0 Å². The molecule has 38 heavy (non-hydrogen) atoms. The summed E-state index contributed by atoms with van der Waals surface area (Å²) in [5, 5.41) is 21.6. The van der Waals surface area contributed by atoms with E-state index in [1.807, 2.05) is 18.2 Å². The van der Waals surface area contributed by atoms with Gasteiger partial charge in [-0.1, -0.05) is 54.6 Å². The van der Waals surface area contributed by atoms with Crippen LogP contribution in [0.25, 0.3) is 11.1 Å². The molecule has 0 spiro atoms. The summed E-state index contributed by atoms with van der Waals surface area (Å²) in [6.45, 7) is 2.23. The minimum Gasteiger partial charge on any atom is -0.394 e. The third-order valence-electron chi connectivity index (χ3n) is 3.89. The molecule has 214 valence electrons. The molecule has 0 unspecified atom stereocenters. The Morgan fingerprint density at radius 3 is 1.32 bits per heavy atom. The van der Waals surface area contributed by atoms with Gasteiger partial charge in [0, 0.05) is 171 Å². The van der Waals surface area contributed by atoms with Crippen molar-refractivity contribution in [3.63, 3.8) is 0 Å². The van der Waals surface area contributed by atoms with Gasteiger partial charge in [-0.25, -0.2) is 0 Å². The van der Waals surface area contributed by atoms with E-state index in [-0.39, 0.29) is 13.2 Å². The van der Waals surface area contributed by atoms with Gasteiger partial charge in [0.05, 0.1) is 18.8 Å². The number of hydrogen-bond acceptors (Lipinski definition) is 5. The van der Waals surface area contributed by atoms with Crippen molar-refractivity contribution < 1.29 is 10.2 Å². The molecule has 21 heteroatoms. The number of aliphatic hydroxyl groups excluding tert-OH is 2. The molecular weight excluding hydrogens is 827 g/mol. The lowest BCUT2D eigenvalue weighted by Gasteiger charge is -2.26. The Balaban J connectivity index is 0.000000383. The van der Waals surface area contributed by atoms with E-state index < -0.39 is 5.54 Å². The molecule has 0 aliphatic rings. The summed E-state index contributed by atoms with van der Waals surface area (Å²) in [6, 6.07) is 18.5. The molecule has 0 radical (unpaired) electrons. The van der Waals surface area contributed by atoms with Crippen LogP contribution in [0.15, 0.2) is 54.6 Å². The monoisotopic (exact) mass is 847 g/mol. The van der Waals surface area contributed by atoms with E-state index in [4.69, 9.17) is 22.4 Å². The van der Waals surface area contributed by atoms with Crippen LogP contribution >= 0.6 is 0 Å². The van der Waals surface area contributed by atoms with E-state index >= 15 is 0 Å². The number of rotatable bonds is 6. The van der Waals surface area contributed by atoms with E-state index in [9.17, 15) is 10.2 Å². The van der Waals surface area contributed by atoms with E-state index in [0.29, 0.717) is 6.54 Å². The van der Waals surface area contributed by atoms with Gasteiger partial charge >= 0.3 is 0 Å². The first kappa shape index (κ1) is 38.3. The van der Waals surface area contributed by atoms with Crippen molar-refractivity contribution in [2.45, 2.75) is 19.0 Å². The van der Waals surface area contributed by atoms with Gasteiger partial charge in [-0.2, -0.15) is 0 Å². The summed E-state index contributed by atoms with van der Waals surface area (Å²) >= 11 is 9.49. The summed E-state index contributed by atoms with van der Waals surface area (Å²) in [4.78, 5) is 0. The van der Waals surface area contributed by atoms with E-state index in [2.05, 4.69) is 41.7 Å². The van der Waals surface area contributed by atoms with Crippen molar-refractivity contribution in [3.05, 3.63) is 60.2 Å². The van der Waals surface area contributed by atoms with E-state index in [1.54, 1.807) is 131 Å². The molecule has 0 aliphatic heterocycles. The summed E-state index contributed by atoms with van der Waals surface area (Å²) in [5.74, 6) is 0. The zero-order chi connectivity index (χ0) is 27.7. The van der Waals surface area contributed by atoms with Gasteiger partial charge in [-0.3, -0.25) is 0 Å². The average molecular weight is 849 g/mol. The molecule has 0 amide bonds. The molecule has 0 bridgehead atoms. The molecule has 0 saturated heterocycles. The molecule has 2 aromatic carbocycles. The first-order chi connectivity index (χ1) is 18.6.